The molecule has 1 aliphatic rings. The lowest BCUT2D eigenvalue weighted by atomic mass is 10.1. The maximum atomic E-state index is 12.4. The molecule has 1 heterocycles. The number of hydrogen-bond acceptors (Lipinski definition) is 4. The molecule has 7 heteroatoms. The molecule has 0 unspecified atom stereocenters. The van der Waals surface area contributed by atoms with Crippen molar-refractivity contribution in [3.8, 4) is 11.5 Å². The Kier molecular flexibility index (Phi) is 7.23. The summed E-state index contributed by atoms with van der Waals surface area (Å²) in [7, 11) is 1.58. The van der Waals surface area contributed by atoms with E-state index in [0.717, 1.165) is 24.7 Å². The van der Waals surface area contributed by atoms with Crippen molar-refractivity contribution >= 4 is 67.9 Å². The highest BCUT2D eigenvalue weighted by Gasteiger charge is 2.22. The summed E-state index contributed by atoms with van der Waals surface area (Å²) < 4.78 is 18.8. The van der Waals surface area contributed by atoms with Crippen molar-refractivity contribution in [1.29, 1.82) is 0 Å². The third-order valence-electron chi connectivity index (χ3n) is 4.76. The molecule has 0 saturated carbocycles. The van der Waals surface area contributed by atoms with Crippen LogP contribution < -0.4 is 9.47 Å². The quantitative estimate of drug-likeness (QED) is 0.165. The molecule has 32 heavy (non-hydrogen) atoms. The molecule has 0 radical (unpaired) electrons. The molecule has 3 aromatic carbocycles. The maximum absolute atomic E-state index is 12.4. The Labute approximate surface area is 213 Å². The Hall–Kier alpha value is -2.29. The summed E-state index contributed by atoms with van der Waals surface area (Å²) in [5.74, 6) is 1.32. The number of carbonyl (C=O) groups excluding carboxylic acids is 1. The van der Waals surface area contributed by atoms with E-state index in [1.807, 2.05) is 60.7 Å². The van der Waals surface area contributed by atoms with Crippen LogP contribution in [-0.4, -0.2) is 13.1 Å². The van der Waals surface area contributed by atoms with Crippen LogP contribution in [-0.2, 0) is 16.1 Å². The maximum Gasteiger partial charge on any atom is 0.343 e. The molecule has 0 aliphatic carbocycles. The topological polar surface area (TPSA) is 44.8 Å². The second-order valence-corrected chi connectivity index (χ2v) is 9.40. The second kappa shape index (κ2) is 10.1. The van der Waals surface area contributed by atoms with Gasteiger partial charge in [0.05, 0.1) is 16.3 Å². The van der Waals surface area contributed by atoms with Gasteiger partial charge in [0.1, 0.15) is 12.4 Å². The van der Waals surface area contributed by atoms with Crippen LogP contribution in [0.15, 0.2) is 76.8 Å². The predicted octanol–water partition coefficient (Wildman–Crippen LogP) is 7.28. The van der Waals surface area contributed by atoms with Crippen molar-refractivity contribution in [3.63, 3.8) is 0 Å². The molecule has 4 rings (SSSR count). The van der Waals surface area contributed by atoms with E-state index in [1.165, 1.54) is 0 Å². The van der Waals surface area contributed by atoms with Crippen LogP contribution in [0.3, 0.4) is 0 Å². The molecule has 0 fully saturated rings. The van der Waals surface area contributed by atoms with Crippen molar-refractivity contribution in [3.05, 3.63) is 102 Å². The predicted molar refractivity (Wildman–Crippen MR) is 138 cm³/mol. The highest BCUT2D eigenvalue weighted by atomic mass is 127. The minimum atomic E-state index is -0.393. The van der Waals surface area contributed by atoms with Gasteiger partial charge in [0.2, 0.25) is 0 Å². The number of benzene rings is 3. The van der Waals surface area contributed by atoms with Crippen molar-refractivity contribution in [2.24, 2.45) is 0 Å². The van der Waals surface area contributed by atoms with Crippen LogP contribution >= 0.6 is 50.1 Å². The molecule has 0 spiro atoms. The van der Waals surface area contributed by atoms with E-state index in [0.29, 0.717) is 34.5 Å². The number of rotatable bonds is 6. The average Bonchev–Trinajstić information content (AvgIpc) is 3.14. The number of halogens is 3. The number of carbonyl (C=O) groups is 1. The number of ether oxygens (including phenoxy) is 3. The fourth-order valence-corrected chi connectivity index (χ4v) is 4.39. The Morgan fingerprint density at radius 1 is 1.12 bits per heavy atom. The third kappa shape index (κ3) is 5.19. The molecule has 4 nitrogen and oxygen atoms in total. The summed E-state index contributed by atoms with van der Waals surface area (Å²) in [4.78, 5) is 12.4. The third-order valence-corrected chi connectivity index (χ3v) is 6.46. The molecule has 162 valence electrons. The molecule has 0 bridgehead atoms. The second-order valence-electron chi connectivity index (χ2n) is 6.92. The minimum Gasteiger partial charge on any atom is -0.493 e. The van der Waals surface area contributed by atoms with Crippen molar-refractivity contribution in [1.82, 2.24) is 0 Å². The van der Waals surface area contributed by atoms with Gasteiger partial charge < -0.3 is 14.2 Å². The van der Waals surface area contributed by atoms with E-state index in [2.05, 4.69) is 38.5 Å². The van der Waals surface area contributed by atoms with Crippen LogP contribution in [0.1, 0.15) is 16.7 Å². The normalized spacial score (nSPS) is 14.3. The van der Waals surface area contributed by atoms with Gasteiger partial charge >= 0.3 is 5.97 Å². The van der Waals surface area contributed by atoms with Crippen LogP contribution in [0.5, 0.6) is 11.5 Å². The first-order chi connectivity index (χ1) is 15.4. The highest BCUT2D eigenvalue weighted by molar-refractivity contribution is 14.1. The fraction of sp³-hybridized carbons (Fsp3) is 0.0800. The average molecular weight is 624 g/mol. The SMILES string of the molecule is COc1cc(/C=C2\C=C(c3ccc(Br)cc3)OC2=O)cc(I)c1OCc1ccccc1Cl. The lowest BCUT2D eigenvalue weighted by Gasteiger charge is -2.14. The number of hydrogen-bond donors (Lipinski definition) is 0. The van der Waals surface area contributed by atoms with Crippen molar-refractivity contribution in [2.45, 2.75) is 6.61 Å². The summed E-state index contributed by atoms with van der Waals surface area (Å²) in [6, 6.07) is 18.9. The van der Waals surface area contributed by atoms with E-state index in [9.17, 15) is 4.79 Å². The number of methoxy groups -OCH3 is 1. The molecule has 3 aromatic rings. The smallest absolute Gasteiger partial charge is 0.343 e. The van der Waals surface area contributed by atoms with Gasteiger partial charge in [-0.05, 0) is 70.6 Å². The standard InChI is InChI=1S/C25H17BrClIO4/c1-30-23-12-15(11-21(28)24(23)31-14-17-4-2-3-5-20(17)27)10-18-13-22(32-25(18)29)16-6-8-19(26)9-7-16/h2-13H,14H2,1H3/b18-10+. The van der Waals surface area contributed by atoms with Crippen LogP contribution in [0, 0.1) is 3.57 Å². The molecule has 0 N–H and O–H groups in total. The zero-order valence-corrected chi connectivity index (χ0v) is 21.4. The van der Waals surface area contributed by atoms with Crippen molar-refractivity contribution in [2.75, 3.05) is 7.11 Å². The minimum absolute atomic E-state index is 0.318. The van der Waals surface area contributed by atoms with E-state index >= 15 is 0 Å². The Bertz CT molecular complexity index is 1240. The van der Waals surface area contributed by atoms with Gasteiger partial charge in [-0.2, -0.15) is 0 Å². The van der Waals surface area contributed by atoms with Gasteiger partial charge in [-0.25, -0.2) is 4.79 Å². The van der Waals surface area contributed by atoms with Gasteiger partial charge in [-0.15, -0.1) is 0 Å². The van der Waals surface area contributed by atoms with Gasteiger partial charge in [0.25, 0.3) is 0 Å². The Morgan fingerprint density at radius 3 is 2.59 bits per heavy atom. The summed E-state index contributed by atoms with van der Waals surface area (Å²) in [5.41, 5.74) is 2.99. The largest absolute Gasteiger partial charge is 0.493 e. The summed E-state index contributed by atoms with van der Waals surface area (Å²) in [5, 5.41) is 0.649. The lowest BCUT2D eigenvalue weighted by Crippen LogP contribution is -2.01. The summed E-state index contributed by atoms with van der Waals surface area (Å²) in [6.07, 6.45) is 3.52. The Balaban J connectivity index is 1.59. The van der Waals surface area contributed by atoms with E-state index in [1.54, 1.807) is 19.3 Å². The molecular weight excluding hydrogens is 607 g/mol. The summed E-state index contributed by atoms with van der Waals surface area (Å²) in [6.45, 7) is 0.318. The van der Waals surface area contributed by atoms with E-state index in [4.69, 9.17) is 25.8 Å². The van der Waals surface area contributed by atoms with Gasteiger partial charge in [0.15, 0.2) is 11.5 Å². The van der Waals surface area contributed by atoms with Crippen LogP contribution in [0.4, 0.5) is 0 Å². The highest BCUT2D eigenvalue weighted by Crippen LogP contribution is 2.36. The molecule has 0 atom stereocenters. The molecule has 1 aliphatic heterocycles. The first-order valence-electron chi connectivity index (χ1n) is 9.60. The fourth-order valence-electron chi connectivity index (χ4n) is 3.15. The molecule has 0 aromatic heterocycles. The monoisotopic (exact) mass is 622 g/mol. The van der Waals surface area contributed by atoms with Gasteiger partial charge in [0, 0.05) is 20.6 Å². The summed E-state index contributed by atoms with van der Waals surface area (Å²) >= 11 is 11.8. The molecular formula is C25H17BrClIO4. The Morgan fingerprint density at radius 2 is 1.88 bits per heavy atom. The molecule has 0 amide bonds. The van der Waals surface area contributed by atoms with Crippen molar-refractivity contribution < 1.29 is 19.0 Å². The van der Waals surface area contributed by atoms with Crippen LogP contribution in [0.2, 0.25) is 5.02 Å². The van der Waals surface area contributed by atoms with E-state index in [-0.39, 0.29) is 0 Å². The zero-order valence-electron chi connectivity index (χ0n) is 16.9. The van der Waals surface area contributed by atoms with Gasteiger partial charge in [-0.1, -0.05) is 57.9 Å². The number of cyclic esters (lactones) is 1. The molecule has 0 saturated heterocycles. The van der Waals surface area contributed by atoms with E-state index < -0.39 is 5.97 Å². The van der Waals surface area contributed by atoms with Gasteiger partial charge in [-0.3, -0.25) is 0 Å². The van der Waals surface area contributed by atoms with Crippen LogP contribution in [0.25, 0.3) is 11.8 Å². The first-order valence-corrected chi connectivity index (χ1v) is 11.8. The lowest BCUT2D eigenvalue weighted by molar-refractivity contribution is -0.130. The zero-order chi connectivity index (χ0) is 22.7. The first kappa shape index (κ1) is 22.9. The number of esters is 1.